The molecule has 1 aromatic carbocycles. The molecule has 0 aliphatic carbocycles. The predicted octanol–water partition coefficient (Wildman–Crippen LogP) is 0.830. The Morgan fingerprint density at radius 3 is 2.15 bits per heavy atom. The van der Waals surface area contributed by atoms with Crippen LogP contribution in [0.15, 0.2) is 24.3 Å². The van der Waals surface area contributed by atoms with Gasteiger partial charge in [-0.15, -0.1) is 20.4 Å². The van der Waals surface area contributed by atoms with Crippen LogP contribution >= 0.6 is 0 Å². The van der Waals surface area contributed by atoms with Crippen molar-refractivity contribution in [3.05, 3.63) is 35.7 Å². The fraction of sp³-hybridized carbons (Fsp3) is 0.286. The Balaban J connectivity index is 0.000000412. The van der Waals surface area contributed by atoms with Crippen LogP contribution in [0, 0.1) is 6.92 Å². The molecular formula is C14H14F3N5O4. The van der Waals surface area contributed by atoms with E-state index in [4.69, 9.17) is 20.7 Å². The number of alkyl halides is 3. The lowest BCUT2D eigenvalue weighted by Crippen LogP contribution is -2.32. The maximum atomic E-state index is 10.7. The van der Waals surface area contributed by atoms with Gasteiger partial charge < -0.3 is 15.9 Å². The van der Waals surface area contributed by atoms with E-state index in [9.17, 15) is 18.0 Å². The third kappa shape index (κ3) is 6.76. The Morgan fingerprint density at radius 1 is 1.15 bits per heavy atom. The van der Waals surface area contributed by atoms with E-state index in [0.29, 0.717) is 11.6 Å². The Kier molecular flexibility index (Phi) is 7.07. The van der Waals surface area contributed by atoms with Crippen molar-refractivity contribution in [2.45, 2.75) is 25.6 Å². The number of halogens is 3. The van der Waals surface area contributed by atoms with Gasteiger partial charge >= 0.3 is 18.1 Å². The predicted molar refractivity (Wildman–Crippen MR) is 80.8 cm³/mol. The standard InChI is InChI=1S/C12H13N5O2.C2HF3O2/c1-7-14-16-11(17-15-7)9-4-2-3-8(5-9)6-10(13)12(18)19;3-2(4,5)1(6)7/h2-5,10H,6,13H2,1H3,(H,18,19);(H,6,7)/t10-;/m0./s1. The average molecular weight is 373 g/mol. The summed E-state index contributed by atoms with van der Waals surface area (Å²) in [6, 6.07) is 6.27. The van der Waals surface area contributed by atoms with E-state index in [1.165, 1.54) is 0 Å². The van der Waals surface area contributed by atoms with Gasteiger partial charge in [-0.1, -0.05) is 18.2 Å². The highest BCUT2D eigenvalue weighted by Gasteiger charge is 2.38. The van der Waals surface area contributed by atoms with Gasteiger partial charge in [0.05, 0.1) is 0 Å². The highest BCUT2D eigenvalue weighted by atomic mass is 19.4. The number of hydrogen-bond acceptors (Lipinski definition) is 7. The summed E-state index contributed by atoms with van der Waals surface area (Å²) in [5.41, 5.74) is 7.04. The van der Waals surface area contributed by atoms with Gasteiger partial charge in [-0.25, -0.2) is 4.79 Å². The third-order valence-corrected chi connectivity index (χ3v) is 2.78. The first kappa shape index (κ1) is 20.9. The van der Waals surface area contributed by atoms with Crippen molar-refractivity contribution < 1.29 is 33.0 Å². The van der Waals surface area contributed by atoms with Crippen molar-refractivity contribution in [2.75, 3.05) is 0 Å². The smallest absolute Gasteiger partial charge is 0.480 e. The second-order valence-corrected chi connectivity index (χ2v) is 4.92. The molecule has 0 aliphatic heterocycles. The van der Waals surface area contributed by atoms with Gasteiger partial charge in [0.1, 0.15) is 6.04 Å². The first-order valence-electron chi connectivity index (χ1n) is 6.92. The average Bonchev–Trinajstić information content (AvgIpc) is 2.55. The zero-order chi connectivity index (χ0) is 19.9. The second kappa shape index (κ2) is 8.80. The molecule has 0 radical (unpaired) electrons. The molecule has 2 rings (SSSR count). The Hall–Kier alpha value is -3.15. The van der Waals surface area contributed by atoms with Crippen LogP contribution in [-0.2, 0) is 16.0 Å². The number of benzene rings is 1. The van der Waals surface area contributed by atoms with E-state index >= 15 is 0 Å². The van der Waals surface area contributed by atoms with Crippen molar-refractivity contribution in [1.82, 2.24) is 20.4 Å². The van der Waals surface area contributed by atoms with E-state index < -0.39 is 24.2 Å². The number of aliphatic carboxylic acids is 2. The number of carboxylic acids is 2. The maximum absolute atomic E-state index is 10.7. The monoisotopic (exact) mass is 373 g/mol. The summed E-state index contributed by atoms with van der Waals surface area (Å²) in [4.78, 5) is 19.6. The number of carbonyl (C=O) groups is 2. The van der Waals surface area contributed by atoms with Crippen LogP contribution in [0.4, 0.5) is 13.2 Å². The Labute approximate surface area is 144 Å². The molecule has 0 aliphatic rings. The minimum atomic E-state index is -5.08. The number of nitrogens with two attached hydrogens (primary N) is 1. The van der Waals surface area contributed by atoms with Gasteiger partial charge in [0.2, 0.25) is 5.82 Å². The SMILES string of the molecule is Cc1nnc(-c2cccc(C[C@H](N)C(=O)O)c2)nn1.O=C(O)C(F)(F)F. The van der Waals surface area contributed by atoms with Crippen molar-refractivity contribution >= 4 is 11.9 Å². The van der Waals surface area contributed by atoms with Gasteiger partial charge in [0.15, 0.2) is 5.82 Å². The topological polar surface area (TPSA) is 152 Å². The minimum absolute atomic E-state index is 0.246. The summed E-state index contributed by atoms with van der Waals surface area (Å²) in [7, 11) is 0. The summed E-state index contributed by atoms with van der Waals surface area (Å²) < 4.78 is 31.7. The van der Waals surface area contributed by atoms with Gasteiger partial charge in [-0.2, -0.15) is 13.2 Å². The van der Waals surface area contributed by atoms with Crippen molar-refractivity contribution in [1.29, 1.82) is 0 Å². The number of rotatable bonds is 4. The van der Waals surface area contributed by atoms with Crippen LogP contribution in [0.3, 0.4) is 0 Å². The molecule has 9 nitrogen and oxygen atoms in total. The van der Waals surface area contributed by atoms with E-state index in [-0.39, 0.29) is 6.42 Å². The van der Waals surface area contributed by atoms with E-state index in [1.807, 2.05) is 6.07 Å². The van der Waals surface area contributed by atoms with Gasteiger partial charge in [0, 0.05) is 5.56 Å². The van der Waals surface area contributed by atoms with E-state index in [0.717, 1.165) is 11.1 Å². The van der Waals surface area contributed by atoms with Crippen LogP contribution in [-0.4, -0.2) is 54.8 Å². The zero-order valence-electron chi connectivity index (χ0n) is 13.3. The molecule has 1 heterocycles. The minimum Gasteiger partial charge on any atom is -0.480 e. The molecule has 26 heavy (non-hydrogen) atoms. The van der Waals surface area contributed by atoms with Crippen LogP contribution in [0.25, 0.3) is 11.4 Å². The van der Waals surface area contributed by atoms with E-state index in [1.54, 1.807) is 25.1 Å². The van der Waals surface area contributed by atoms with Crippen LogP contribution in [0.2, 0.25) is 0 Å². The number of aryl methyl sites for hydroxylation is 1. The molecule has 12 heteroatoms. The lowest BCUT2D eigenvalue weighted by atomic mass is 10.0. The lowest BCUT2D eigenvalue weighted by molar-refractivity contribution is -0.192. The second-order valence-electron chi connectivity index (χ2n) is 4.92. The lowest BCUT2D eigenvalue weighted by Gasteiger charge is -2.07. The fourth-order valence-corrected chi connectivity index (χ4v) is 1.57. The molecule has 4 N–H and O–H groups in total. The quantitative estimate of drug-likeness (QED) is 0.707. The van der Waals surface area contributed by atoms with E-state index in [2.05, 4.69) is 20.4 Å². The molecule has 2 aromatic rings. The van der Waals surface area contributed by atoms with Crippen LogP contribution < -0.4 is 5.73 Å². The normalized spacial score (nSPS) is 11.9. The number of nitrogens with zero attached hydrogens (tertiary/aromatic N) is 4. The zero-order valence-corrected chi connectivity index (χ0v) is 13.3. The molecule has 0 spiro atoms. The highest BCUT2D eigenvalue weighted by molar-refractivity contribution is 5.73. The maximum Gasteiger partial charge on any atom is 0.490 e. The van der Waals surface area contributed by atoms with Crippen LogP contribution in [0.5, 0.6) is 0 Å². The Bertz CT molecular complexity index is 768. The summed E-state index contributed by atoms with van der Waals surface area (Å²) >= 11 is 0. The van der Waals surface area contributed by atoms with Gasteiger partial charge in [-0.3, -0.25) is 4.79 Å². The van der Waals surface area contributed by atoms with Gasteiger partial charge in [0.25, 0.3) is 0 Å². The molecule has 1 aromatic heterocycles. The first-order chi connectivity index (χ1) is 12.0. The summed E-state index contributed by atoms with van der Waals surface area (Å²) in [6.45, 7) is 1.70. The number of carboxylic acid groups (broad SMARTS) is 2. The molecule has 0 saturated heterocycles. The number of aromatic nitrogens is 4. The molecule has 0 saturated carbocycles. The molecule has 0 bridgehead atoms. The van der Waals surface area contributed by atoms with Crippen LogP contribution in [0.1, 0.15) is 11.4 Å². The molecule has 140 valence electrons. The molecule has 1 atom stereocenters. The van der Waals surface area contributed by atoms with Crippen molar-refractivity contribution in [3.63, 3.8) is 0 Å². The van der Waals surface area contributed by atoms with Gasteiger partial charge in [-0.05, 0) is 25.0 Å². The van der Waals surface area contributed by atoms with Crippen molar-refractivity contribution in [2.24, 2.45) is 5.73 Å². The highest BCUT2D eigenvalue weighted by Crippen LogP contribution is 2.16. The molecule has 0 unspecified atom stereocenters. The Morgan fingerprint density at radius 2 is 1.69 bits per heavy atom. The first-order valence-corrected chi connectivity index (χ1v) is 6.92. The summed E-state index contributed by atoms with van der Waals surface area (Å²) in [5.74, 6) is -2.89. The molecular weight excluding hydrogens is 359 g/mol. The number of hydrogen-bond donors (Lipinski definition) is 3. The largest absolute Gasteiger partial charge is 0.490 e. The molecule has 0 fully saturated rings. The third-order valence-electron chi connectivity index (χ3n) is 2.78. The molecule has 0 amide bonds. The fourth-order valence-electron chi connectivity index (χ4n) is 1.57. The van der Waals surface area contributed by atoms with Crippen molar-refractivity contribution in [3.8, 4) is 11.4 Å². The summed E-state index contributed by atoms with van der Waals surface area (Å²) in [5, 5.41) is 31.4. The summed E-state index contributed by atoms with van der Waals surface area (Å²) in [6.07, 6.45) is -4.84.